The minimum atomic E-state index is -0.190. The highest BCUT2D eigenvalue weighted by Crippen LogP contribution is 2.41. The standard InChI is InChI=1S/C23H30N4O3/c1-14-26-22(27-30-14)19(17-8-9-17)12-25-23(28)21-20(29-13-15-6-7-15)10-18(11-24-21)16-4-2-3-5-16/h10-11,15-17,19H,2-9,12-13H2,1H3,(H,25,28)/t19-/m1/s1. The van der Waals surface area contributed by atoms with E-state index in [-0.39, 0.29) is 11.8 Å². The Morgan fingerprint density at radius 2 is 2.03 bits per heavy atom. The van der Waals surface area contributed by atoms with Crippen molar-refractivity contribution in [3.05, 3.63) is 35.2 Å². The van der Waals surface area contributed by atoms with Crippen LogP contribution in [-0.4, -0.2) is 34.2 Å². The first-order valence-electron chi connectivity index (χ1n) is 11.4. The van der Waals surface area contributed by atoms with Crippen molar-refractivity contribution in [3.63, 3.8) is 0 Å². The Kier molecular flexibility index (Phi) is 5.44. The number of aryl methyl sites for hydroxylation is 1. The van der Waals surface area contributed by atoms with Gasteiger partial charge in [-0.1, -0.05) is 18.0 Å². The first kappa shape index (κ1) is 19.5. The van der Waals surface area contributed by atoms with Gasteiger partial charge in [0, 0.05) is 25.6 Å². The average molecular weight is 411 g/mol. The van der Waals surface area contributed by atoms with Gasteiger partial charge < -0.3 is 14.6 Å². The molecule has 3 saturated carbocycles. The Morgan fingerprint density at radius 1 is 1.23 bits per heavy atom. The number of pyridine rings is 1. The number of nitrogens with one attached hydrogen (secondary N) is 1. The summed E-state index contributed by atoms with van der Waals surface area (Å²) in [5.74, 6) is 3.43. The maximum atomic E-state index is 13.0. The van der Waals surface area contributed by atoms with Gasteiger partial charge in [0.25, 0.3) is 5.91 Å². The van der Waals surface area contributed by atoms with Gasteiger partial charge in [0.1, 0.15) is 0 Å². The van der Waals surface area contributed by atoms with E-state index in [0.29, 0.717) is 54.1 Å². The quantitative estimate of drug-likeness (QED) is 0.668. The number of hydrogen-bond acceptors (Lipinski definition) is 6. The van der Waals surface area contributed by atoms with Crippen LogP contribution in [0.25, 0.3) is 0 Å². The van der Waals surface area contributed by atoms with Crippen LogP contribution < -0.4 is 10.1 Å². The molecule has 0 aromatic carbocycles. The van der Waals surface area contributed by atoms with Gasteiger partial charge in [0.05, 0.1) is 6.61 Å². The van der Waals surface area contributed by atoms with Gasteiger partial charge >= 0.3 is 0 Å². The zero-order valence-corrected chi connectivity index (χ0v) is 17.6. The molecule has 3 aliphatic carbocycles. The van der Waals surface area contributed by atoms with E-state index < -0.39 is 0 Å². The Labute approximate surface area is 177 Å². The van der Waals surface area contributed by atoms with Gasteiger partial charge in [0.2, 0.25) is 5.89 Å². The van der Waals surface area contributed by atoms with E-state index in [1.807, 2.05) is 6.20 Å². The van der Waals surface area contributed by atoms with Gasteiger partial charge in [-0.2, -0.15) is 4.98 Å². The summed E-state index contributed by atoms with van der Waals surface area (Å²) in [5.41, 5.74) is 1.59. The van der Waals surface area contributed by atoms with Crippen LogP contribution in [0.5, 0.6) is 5.75 Å². The molecule has 0 saturated heterocycles. The molecule has 2 aromatic rings. The van der Waals surface area contributed by atoms with Gasteiger partial charge in [-0.3, -0.25) is 4.79 Å². The smallest absolute Gasteiger partial charge is 0.273 e. The first-order chi connectivity index (χ1) is 14.7. The lowest BCUT2D eigenvalue weighted by Gasteiger charge is -2.17. The molecule has 2 heterocycles. The predicted octanol–water partition coefficient (Wildman–Crippen LogP) is 4.14. The van der Waals surface area contributed by atoms with Crippen LogP contribution in [0.3, 0.4) is 0 Å². The minimum absolute atomic E-state index is 0.0833. The highest BCUT2D eigenvalue weighted by atomic mass is 16.5. The molecule has 0 unspecified atom stereocenters. The maximum Gasteiger partial charge on any atom is 0.273 e. The summed E-state index contributed by atoms with van der Waals surface area (Å²) in [6, 6.07) is 2.06. The summed E-state index contributed by atoms with van der Waals surface area (Å²) in [4.78, 5) is 22.0. The fourth-order valence-electron chi connectivity index (χ4n) is 4.43. The zero-order chi connectivity index (χ0) is 20.5. The summed E-state index contributed by atoms with van der Waals surface area (Å²) < 4.78 is 11.2. The zero-order valence-electron chi connectivity index (χ0n) is 17.6. The highest BCUT2D eigenvalue weighted by molar-refractivity contribution is 5.95. The van der Waals surface area contributed by atoms with E-state index in [2.05, 4.69) is 26.5 Å². The van der Waals surface area contributed by atoms with E-state index in [9.17, 15) is 4.79 Å². The number of hydrogen-bond donors (Lipinski definition) is 1. The summed E-state index contributed by atoms with van der Waals surface area (Å²) in [6.45, 7) is 2.94. The third kappa shape index (κ3) is 4.50. The van der Waals surface area contributed by atoms with Gasteiger partial charge in [0.15, 0.2) is 17.3 Å². The average Bonchev–Trinajstić information content (AvgIpc) is 3.67. The van der Waals surface area contributed by atoms with E-state index in [0.717, 1.165) is 12.8 Å². The molecule has 0 spiro atoms. The molecule has 5 rings (SSSR count). The van der Waals surface area contributed by atoms with Gasteiger partial charge in [-0.15, -0.1) is 0 Å². The molecule has 0 aliphatic heterocycles. The Morgan fingerprint density at radius 3 is 2.70 bits per heavy atom. The molecule has 30 heavy (non-hydrogen) atoms. The number of amides is 1. The lowest BCUT2D eigenvalue weighted by Crippen LogP contribution is -2.31. The Balaban J connectivity index is 1.30. The molecular weight excluding hydrogens is 380 g/mol. The van der Waals surface area contributed by atoms with Gasteiger partial charge in [-0.05, 0) is 67.9 Å². The first-order valence-corrected chi connectivity index (χ1v) is 11.4. The third-order valence-corrected chi connectivity index (χ3v) is 6.64. The van der Waals surface area contributed by atoms with E-state index in [1.54, 1.807) is 6.92 Å². The van der Waals surface area contributed by atoms with E-state index in [1.165, 1.54) is 44.1 Å². The van der Waals surface area contributed by atoms with Crippen molar-refractivity contribution in [1.29, 1.82) is 0 Å². The predicted molar refractivity (Wildman–Crippen MR) is 110 cm³/mol. The molecule has 1 atom stereocenters. The van der Waals surface area contributed by atoms with Crippen LogP contribution in [0.15, 0.2) is 16.8 Å². The lowest BCUT2D eigenvalue weighted by molar-refractivity contribution is 0.0939. The second kappa shape index (κ2) is 8.36. The second-order valence-corrected chi connectivity index (χ2v) is 9.18. The van der Waals surface area contributed by atoms with Crippen LogP contribution in [0.4, 0.5) is 0 Å². The monoisotopic (exact) mass is 410 g/mol. The van der Waals surface area contributed by atoms with Crippen molar-refractivity contribution in [3.8, 4) is 5.75 Å². The summed E-state index contributed by atoms with van der Waals surface area (Å²) in [6.07, 6.45) is 11.5. The van der Waals surface area contributed by atoms with Gasteiger partial charge in [-0.25, -0.2) is 4.98 Å². The van der Waals surface area contributed by atoms with Crippen LogP contribution in [0.1, 0.15) is 91.0 Å². The number of carbonyl (C=O) groups excluding carboxylic acids is 1. The van der Waals surface area contributed by atoms with E-state index >= 15 is 0 Å². The fraction of sp³-hybridized carbons (Fsp3) is 0.652. The SMILES string of the molecule is Cc1nc([C@H](CNC(=O)c2ncc(C3CCCC3)cc2OCC2CC2)C2CC2)no1. The third-order valence-electron chi connectivity index (χ3n) is 6.64. The molecule has 7 heteroatoms. The molecule has 1 N–H and O–H groups in total. The Bertz CT molecular complexity index is 898. The second-order valence-electron chi connectivity index (χ2n) is 9.18. The van der Waals surface area contributed by atoms with Crippen LogP contribution in [-0.2, 0) is 0 Å². The van der Waals surface area contributed by atoms with Crippen molar-refractivity contribution < 1.29 is 14.1 Å². The van der Waals surface area contributed by atoms with Crippen molar-refractivity contribution >= 4 is 5.91 Å². The van der Waals surface area contributed by atoms with E-state index in [4.69, 9.17) is 9.26 Å². The molecule has 3 aliphatic rings. The summed E-state index contributed by atoms with van der Waals surface area (Å²) in [5, 5.41) is 7.14. The number of nitrogens with zero attached hydrogens (tertiary/aromatic N) is 3. The molecule has 0 bridgehead atoms. The topological polar surface area (TPSA) is 90.1 Å². The number of rotatable bonds is 9. The number of ether oxygens (including phenoxy) is 1. The number of carbonyl (C=O) groups is 1. The van der Waals surface area contributed by atoms with Crippen molar-refractivity contribution in [2.45, 2.75) is 70.1 Å². The lowest BCUT2D eigenvalue weighted by atomic mass is 9.99. The number of aromatic nitrogens is 3. The molecule has 2 aromatic heterocycles. The highest BCUT2D eigenvalue weighted by Gasteiger charge is 2.36. The normalized spacial score (nSPS) is 20.3. The summed E-state index contributed by atoms with van der Waals surface area (Å²) >= 11 is 0. The Hall–Kier alpha value is -2.44. The molecule has 3 fully saturated rings. The van der Waals surface area contributed by atoms with Crippen LogP contribution >= 0.6 is 0 Å². The van der Waals surface area contributed by atoms with Crippen molar-refractivity contribution in [2.75, 3.05) is 13.2 Å². The molecule has 1 amide bonds. The summed E-state index contributed by atoms with van der Waals surface area (Å²) in [7, 11) is 0. The molecule has 0 radical (unpaired) electrons. The van der Waals surface area contributed by atoms with Crippen molar-refractivity contribution in [1.82, 2.24) is 20.4 Å². The van der Waals surface area contributed by atoms with Crippen LogP contribution in [0.2, 0.25) is 0 Å². The minimum Gasteiger partial charge on any atom is -0.491 e. The molecule has 7 nitrogen and oxygen atoms in total. The largest absolute Gasteiger partial charge is 0.491 e. The maximum absolute atomic E-state index is 13.0. The molecule has 160 valence electrons. The van der Waals surface area contributed by atoms with Crippen molar-refractivity contribution in [2.24, 2.45) is 11.8 Å². The fourth-order valence-corrected chi connectivity index (χ4v) is 4.43. The van der Waals surface area contributed by atoms with Crippen LogP contribution in [0, 0.1) is 18.8 Å². The molecular formula is C23H30N4O3.